The molecule has 24 heavy (non-hydrogen) atoms. The lowest BCUT2D eigenvalue weighted by molar-refractivity contribution is -0.147. The zero-order valence-corrected chi connectivity index (χ0v) is 15.1. The van der Waals surface area contributed by atoms with Crippen molar-refractivity contribution in [3.63, 3.8) is 0 Å². The minimum absolute atomic E-state index is 0.0316. The Morgan fingerprint density at radius 2 is 2.12 bits per heavy atom. The smallest absolute Gasteiger partial charge is 0.328 e. The summed E-state index contributed by atoms with van der Waals surface area (Å²) in [6, 6.07) is 2.98. The standard InChI is InChI=1S/C17H24N2O4S/c1-11(2)14(17(22)23-3)18-15(20)12-6-4-8-19(10-12)16(21)13-7-5-9-24-13/h5,7,9,11-12,14H,4,6,8,10H2,1-3H3,(H,18,20)/t12?,14-/m0/s1. The number of amides is 2. The Hall–Kier alpha value is -1.89. The highest BCUT2D eigenvalue weighted by molar-refractivity contribution is 7.12. The molecule has 132 valence electrons. The molecule has 2 atom stereocenters. The van der Waals surface area contributed by atoms with Gasteiger partial charge in [-0.3, -0.25) is 9.59 Å². The first-order chi connectivity index (χ1) is 11.4. The third-order valence-electron chi connectivity index (χ3n) is 4.23. The molecule has 6 nitrogen and oxygen atoms in total. The molecule has 1 N–H and O–H groups in total. The molecular formula is C17H24N2O4S. The number of nitrogens with zero attached hydrogens (tertiary/aromatic N) is 1. The summed E-state index contributed by atoms with van der Waals surface area (Å²) in [6.07, 6.45) is 1.49. The molecule has 1 aromatic heterocycles. The van der Waals surface area contributed by atoms with Gasteiger partial charge in [0.2, 0.25) is 5.91 Å². The van der Waals surface area contributed by atoms with E-state index in [9.17, 15) is 14.4 Å². The number of carbonyl (C=O) groups excluding carboxylic acids is 3. The zero-order valence-electron chi connectivity index (χ0n) is 14.3. The number of thiophene rings is 1. The number of piperidine rings is 1. The number of carbonyl (C=O) groups is 3. The Labute approximate surface area is 146 Å². The van der Waals surface area contributed by atoms with E-state index in [1.165, 1.54) is 18.4 Å². The van der Waals surface area contributed by atoms with Gasteiger partial charge in [-0.15, -0.1) is 11.3 Å². The van der Waals surface area contributed by atoms with Crippen LogP contribution in [0.4, 0.5) is 0 Å². The van der Waals surface area contributed by atoms with Crippen LogP contribution in [0.3, 0.4) is 0 Å². The fourth-order valence-corrected chi connectivity index (χ4v) is 3.52. The first kappa shape index (κ1) is 18.4. The van der Waals surface area contributed by atoms with E-state index in [1.54, 1.807) is 11.0 Å². The number of hydrogen-bond acceptors (Lipinski definition) is 5. The maximum Gasteiger partial charge on any atom is 0.328 e. The highest BCUT2D eigenvalue weighted by atomic mass is 32.1. The third kappa shape index (κ3) is 4.35. The molecule has 1 aromatic rings. The summed E-state index contributed by atoms with van der Waals surface area (Å²) < 4.78 is 4.75. The molecule has 0 radical (unpaired) electrons. The number of hydrogen-bond donors (Lipinski definition) is 1. The average molecular weight is 352 g/mol. The number of rotatable bonds is 5. The van der Waals surface area contributed by atoms with Crippen LogP contribution in [0.2, 0.25) is 0 Å². The second-order valence-corrected chi connectivity index (χ2v) is 7.27. The first-order valence-corrected chi connectivity index (χ1v) is 9.03. The van der Waals surface area contributed by atoms with Crippen LogP contribution in [0.1, 0.15) is 36.4 Å². The predicted octanol–water partition coefficient (Wildman–Crippen LogP) is 1.91. The van der Waals surface area contributed by atoms with E-state index >= 15 is 0 Å². The van der Waals surface area contributed by atoms with Crippen LogP contribution in [0.5, 0.6) is 0 Å². The summed E-state index contributed by atoms with van der Waals surface area (Å²) >= 11 is 1.40. The number of likely N-dealkylation sites (tertiary alicyclic amines) is 1. The number of ether oxygens (including phenoxy) is 1. The molecule has 0 aliphatic carbocycles. The van der Waals surface area contributed by atoms with E-state index < -0.39 is 12.0 Å². The van der Waals surface area contributed by atoms with Crippen molar-refractivity contribution in [3.05, 3.63) is 22.4 Å². The molecule has 1 saturated heterocycles. The molecule has 1 unspecified atom stereocenters. The van der Waals surface area contributed by atoms with Crippen LogP contribution in [0.25, 0.3) is 0 Å². The second kappa shape index (κ2) is 8.28. The van der Waals surface area contributed by atoms with E-state index in [0.29, 0.717) is 24.4 Å². The third-order valence-corrected chi connectivity index (χ3v) is 5.09. The highest BCUT2D eigenvalue weighted by Gasteiger charge is 2.32. The fraction of sp³-hybridized carbons (Fsp3) is 0.588. The molecule has 0 saturated carbocycles. The number of nitrogens with one attached hydrogen (secondary N) is 1. The molecule has 0 aromatic carbocycles. The minimum Gasteiger partial charge on any atom is -0.467 e. The zero-order chi connectivity index (χ0) is 17.7. The van der Waals surface area contributed by atoms with Gasteiger partial charge in [-0.2, -0.15) is 0 Å². The molecule has 1 aliphatic rings. The summed E-state index contributed by atoms with van der Waals surface area (Å²) in [4.78, 5) is 39.2. The lowest BCUT2D eigenvalue weighted by Crippen LogP contribution is -2.51. The quantitative estimate of drug-likeness (QED) is 0.822. The van der Waals surface area contributed by atoms with Gasteiger partial charge in [-0.25, -0.2) is 4.79 Å². The lowest BCUT2D eigenvalue weighted by atomic mass is 9.95. The topological polar surface area (TPSA) is 75.7 Å². The van der Waals surface area contributed by atoms with Crippen molar-refractivity contribution in [1.29, 1.82) is 0 Å². The molecule has 2 rings (SSSR count). The summed E-state index contributed by atoms with van der Waals surface area (Å²) in [6.45, 7) is 4.75. The minimum atomic E-state index is -0.661. The van der Waals surface area contributed by atoms with Gasteiger partial charge in [0.15, 0.2) is 0 Å². The van der Waals surface area contributed by atoms with Gasteiger partial charge in [-0.05, 0) is 30.2 Å². The summed E-state index contributed by atoms with van der Waals surface area (Å²) in [5.74, 6) is -1.03. The monoisotopic (exact) mass is 352 g/mol. The molecule has 1 fully saturated rings. The maximum absolute atomic E-state index is 12.5. The van der Waals surface area contributed by atoms with Crippen LogP contribution < -0.4 is 5.32 Å². The average Bonchev–Trinajstić information content (AvgIpc) is 3.12. The molecule has 0 bridgehead atoms. The van der Waals surface area contributed by atoms with E-state index in [0.717, 1.165) is 6.42 Å². The van der Waals surface area contributed by atoms with Crippen molar-refractivity contribution in [2.45, 2.75) is 32.7 Å². The van der Waals surface area contributed by atoms with Gasteiger partial charge in [0.05, 0.1) is 17.9 Å². The normalized spacial score (nSPS) is 19.0. The van der Waals surface area contributed by atoms with Crippen LogP contribution in [-0.2, 0) is 14.3 Å². The Balaban J connectivity index is 1.99. The van der Waals surface area contributed by atoms with E-state index in [4.69, 9.17) is 4.74 Å². The molecule has 1 aliphatic heterocycles. The molecular weight excluding hydrogens is 328 g/mol. The molecule has 2 heterocycles. The van der Waals surface area contributed by atoms with Crippen molar-refractivity contribution in [3.8, 4) is 0 Å². The largest absolute Gasteiger partial charge is 0.467 e. The summed E-state index contributed by atoms with van der Waals surface area (Å²) in [5, 5.41) is 4.65. The van der Waals surface area contributed by atoms with Gasteiger partial charge in [0.1, 0.15) is 6.04 Å². The Morgan fingerprint density at radius 3 is 2.71 bits per heavy atom. The van der Waals surface area contributed by atoms with Gasteiger partial charge >= 0.3 is 5.97 Å². The number of esters is 1. The van der Waals surface area contributed by atoms with Crippen molar-refractivity contribution in [2.24, 2.45) is 11.8 Å². The molecule has 7 heteroatoms. The second-order valence-electron chi connectivity index (χ2n) is 6.32. The highest BCUT2D eigenvalue weighted by Crippen LogP contribution is 2.21. The van der Waals surface area contributed by atoms with E-state index in [-0.39, 0.29) is 23.7 Å². The Morgan fingerprint density at radius 1 is 1.38 bits per heavy atom. The Bertz CT molecular complexity index is 585. The Kier molecular flexibility index (Phi) is 6.36. The van der Waals surface area contributed by atoms with Gasteiger partial charge < -0.3 is 15.0 Å². The molecule has 0 spiro atoms. The predicted molar refractivity (Wildman–Crippen MR) is 91.7 cm³/mol. The van der Waals surface area contributed by atoms with Gasteiger partial charge in [0.25, 0.3) is 5.91 Å². The van der Waals surface area contributed by atoms with Crippen molar-refractivity contribution in [1.82, 2.24) is 10.2 Å². The van der Waals surface area contributed by atoms with E-state index in [2.05, 4.69) is 5.32 Å². The van der Waals surface area contributed by atoms with Crippen LogP contribution in [0, 0.1) is 11.8 Å². The maximum atomic E-state index is 12.5. The van der Waals surface area contributed by atoms with Crippen molar-refractivity contribution < 1.29 is 19.1 Å². The van der Waals surface area contributed by atoms with Crippen molar-refractivity contribution in [2.75, 3.05) is 20.2 Å². The fourth-order valence-electron chi connectivity index (χ4n) is 2.83. The van der Waals surface area contributed by atoms with Gasteiger partial charge in [-0.1, -0.05) is 19.9 Å². The van der Waals surface area contributed by atoms with Crippen LogP contribution in [-0.4, -0.2) is 48.9 Å². The summed E-state index contributed by atoms with van der Waals surface area (Å²) in [7, 11) is 1.31. The first-order valence-electron chi connectivity index (χ1n) is 8.15. The summed E-state index contributed by atoms with van der Waals surface area (Å²) in [5.41, 5.74) is 0. The molecule has 2 amide bonds. The van der Waals surface area contributed by atoms with Crippen LogP contribution in [0.15, 0.2) is 17.5 Å². The number of methoxy groups -OCH3 is 1. The van der Waals surface area contributed by atoms with Crippen molar-refractivity contribution >= 4 is 29.1 Å². The van der Waals surface area contributed by atoms with Gasteiger partial charge in [0, 0.05) is 13.1 Å². The van der Waals surface area contributed by atoms with E-state index in [1.807, 2.05) is 25.3 Å². The lowest BCUT2D eigenvalue weighted by Gasteiger charge is -2.32. The van der Waals surface area contributed by atoms with Crippen LogP contribution >= 0.6 is 11.3 Å². The SMILES string of the molecule is COC(=O)[C@@H](NC(=O)C1CCCN(C(=O)c2cccs2)C1)C(C)C.